The van der Waals surface area contributed by atoms with Gasteiger partial charge in [0.2, 0.25) is 0 Å². The maximum atomic E-state index is 10.9. The zero-order valence-corrected chi connectivity index (χ0v) is 7.69. The first kappa shape index (κ1) is 9.00. The SMILES string of the molecule is C=Cc1cscc1CC(=O)OC. The molecule has 2 nitrogen and oxygen atoms in total. The lowest BCUT2D eigenvalue weighted by atomic mass is 10.1. The van der Waals surface area contributed by atoms with Crippen LogP contribution in [0.3, 0.4) is 0 Å². The fourth-order valence-corrected chi connectivity index (χ4v) is 1.73. The molecule has 0 bridgehead atoms. The Labute approximate surface area is 75.5 Å². The number of ether oxygens (including phenoxy) is 1. The van der Waals surface area contributed by atoms with Crippen LogP contribution in [0.15, 0.2) is 17.3 Å². The number of carbonyl (C=O) groups excluding carboxylic acids is 1. The Kier molecular flexibility index (Phi) is 3.05. The molecule has 12 heavy (non-hydrogen) atoms. The van der Waals surface area contributed by atoms with E-state index >= 15 is 0 Å². The van der Waals surface area contributed by atoms with Gasteiger partial charge in [-0.1, -0.05) is 12.7 Å². The molecule has 0 fully saturated rings. The van der Waals surface area contributed by atoms with E-state index in [0.29, 0.717) is 6.42 Å². The topological polar surface area (TPSA) is 26.3 Å². The zero-order valence-electron chi connectivity index (χ0n) is 6.87. The lowest BCUT2D eigenvalue weighted by Gasteiger charge is -1.97. The van der Waals surface area contributed by atoms with Gasteiger partial charge >= 0.3 is 5.97 Å². The normalized spacial score (nSPS) is 9.42. The first-order valence-electron chi connectivity index (χ1n) is 3.52. The van der Waals surface area contributed by atoms with Gasteiger partial charge in [-0.3, -0.25) is 4.79 Å². The summed E-state index contributed by atoms with van der Waals surface area (Å²) in [6.07, 6.45) is 2.08. The molecule has 0 aromatic carbocycles. The van der Waals surface area contributed by atoms with Crippen molar-refractivity contribution in [1.29, 1.82) is 0 Å². The number of thiophene rings is 1. The number of rotatable bonds is 3. The van der Waals surface area contributed by atoms with Crippen molar-refractivity contribution in [3.05, 3.63) is 28.5 Å². The molecule has 1 rings (SSSR count). The van der Waals surface area contributed by atoms with E-state index in [0.717, 1.165) is 11.1 Å². The van der Waals surface area contributed by atoms with Gasteiger partial charge in [0.1, 0.15) is 0 Å². The van der Waals surface area contributed by atoms with Gasteiger partial charge in [0.25, 0.3) is 0 Å². The first-order chi connectivity index (χ1) is 5.77. The van der Waals surface area contributed by atoms with Gasteiger partial charge in [0.15, 0.2) is 0 Å². The van der Waals surface area contributed by atoms with Crippen LogP contribution < -0.4 is 0 Å². The van der Waals surface area contributed by atoms with E-state index in [1.807, 2.05) is 10.8 Å². The summed E-state index contributed by atoms with van der Waals surface area (Å²) in [5.41, 5.74) is 2.01. The fourth-order valence-electron chi connectivity index (χ4n) is 0.884. The Morgan fingerprint density at radius 1 is 1.75 bits per heavy atom. The third kappa shape index (κ3) is 1.95. The molecule has 0 saturated heterocycles. The van der Waals surface area contributed by atoms with E-state index in [2.05, 4.69) is 11.3 Å². The van der Waals surface area contributed by atoms with Crippen molar-refractivity contribution >= 4 is 23.4 Å². The van der Waals surface area contributed by atoms with Gasteiger partial charge in [-0.25, -0.2) is 0 Å². The summed E-state index contributed by atoms with van der Waals surface area (Å²) in [4.78, 5) is 10.9. The highest BCUT2D eigenvalue weighted by molar-refractivity contribution is 7.08. The van der Waals surface area contributed by atoms with Crippen molar-refractivity contribution in [3.8, 4) is 0 Å². The number of hydrogen-bond acceptors (Lipinski definition) is 3. The molecule has 0 unspecified atom stereocenters. The van der Waals surface area contributed by atoms with Crippen LogP contribution in [0.25, 0.3) is 6.08 Å². The van der Waals surface area contributed by atoms with Gasteiger partial charge in [-0.15, -0.1) is 0 Å². The van der Waals surface area contributed by atoms with Crippen LogP contribution in [0.1, 0.15) is 11.1 Å². The molecule has 0 N–H and O–H groups in total. The number of methoxy groups -OCH3 is 1. The summed E-state index contributed by atoms with van der Waals surface area (Å²) in [7, 11) is 1.39. The summed E-state index contributed by atoms with van der Waals surface area (Å²) >= 11 is 1.56. The maximum Gasteiger partial charge on any atom is 0.310 e. The molecule has 0 radical (unpaired) electrons. The predicted octanol–water partition coefficient (Wildman–Crippen LogP) is 2.11. The van der Waals surface area contributed by atoms with Crippen LogP contribution >= 0.6 is 11.3 Å². The minimum Gasteiger partial charge on any atom is -0.469 e. The molecule has 0 atom stereocenters. The minimum atomic E-state index is -0.212. The standard InChI is InChI=1S/C9H10O2S/c1-3-7-5-12-6-8(7)4-9(10)11-2/h3,5-6H,1,4H2,2H3. The zero-order chi connectivity index (χ0) is 8.97. The van der Waals surface area contributed by atoms with Crippen LogP contribution in [-0.2, 0) is 16.0 Å². The molecule has 1 aromatic heterocycles. The van der Waals surface area contributed by atoms with Crippen molar-refractivity contribution in [1.82, 2.24) is 0 Å². The largest absolute Gasteiger partial charge is 0.469 e. The van der Waals surface area contributed by atoms with Crippen LogP contribution in [0.5, 0.6) is 0 Å². The number of hydrogen-bond donors (Lipinski definition) is 0. The Balaban J connectivity index is 2.74. The van der Waals surface area contributed by atoms with Crippen molar-refractivity contribution in [2.75, 3.05) is 7.11 Å². The molecule has 1 heterocycles. The van der Waals surface area contributed by atoms with Crippen LogP contribution in [0, 0.1) is 0 Å². The van der Waals surface area contributed by atoms with E-state index in [4.69, 9.17) is 0 Å². The summed E-state index contributed by atoms with van der Waals surface area (Å²) in [6, 6.07) is 0. The average Bonchev–Trinajstić information content (AvgIpc) is 2.51. The monoisotopic (exact) mass is 182 g/mol. The molecular weight excluding hydrogens is 172 g/mol. The predicted molar refractivity (Wildman–Crippen MR) is 50.1 cm³/mol. The lowest BCUT2D eigenvalue weighted by molar-refractivity contribution is -0.139. The molecule has 0 aliphatic heterocycles. The second-order valence-electron chi connectivity index (χ2n) is 2.31. The van der Waals surface area contributed by atoms with Gasteiger partial charge in [-0.05, 0) is 21.9 Å². The fraction of sp³-hybridized carbons (Fsp3) is 0.222. The second kappa shape index (κ2) is 4.07. The highest BCUT2D eigenvalue weighted by Crippen LogP contribution is 2.16. The van der Waals surface area contributed by atoms with Crippen LogP contribution in [0.2, 0.25) is 0 Å². The average molecular weight is 182 g/mol. The summed E-state index contributed by atoms with van der Waals surface area (Å²) in [5.74, 6) is -0.212. The minimum absolute atomic E-state index is 0.212. The summed E-state index contributed by atoms with van der Waals surface area (Å²) < 4.78 is 4.55. The van der Waals surface area contributed by atoms with Crippen LogP contribution in [-0.4, -0.2) is 13.1 Å². The van der Waals surface area contributed by atoms with Gasteiger partial charge < -0.3 is 4.74 Å². The molecule has 0 aliphatic carbocycles. The third-order valence-electron chi connectivity index (χ3n) is 1.56. The quantitative estimate of drug-likeness (QED) is 0.669. The number of carbonyl (C=O) groups is 1. The number of esters is 1. The van der Waals surface area contributed by atoms with Crippen molar-refractivity contribution in [2.24, 2.45) is 0 Å². The van der Waals surface area contributed by atoms with E-state index in [1.165, 1.54) is 7.11 Å². The maximum absolute atomic E-state index is 10.9. The van der Waals surface area contributed by atoms with Crippen molar-refractivity contribution in [2.45, 2.75) is 6.42 Å². The third-order valence-corrected chi connectivity index (χ3v) is 2.37. The Bertz CT molecular complexity index is 288. The molecule has 3 heteroatoms. The van der Waals surface area contributed by atoms with E-state index in [9.17, 15) is 4.79 Å². The van der Waals surface area contributed by atoms with Gasteiger partial charge in [0, 0.05) is 0 Å². The molecule has 1 aromatic rings. The van der Waals surface area contributed by atoms with E-state index in [-0.39, 0.29) is 5.97 Å². The lowest BCUT2D eigenvalue weighted by Crippen LogP contribution is -2.04. The summed E-state index contributed by atoms with van der Waals surface area (Å²) in [6.45, 7) is 3.65. The molecule has 0 amide bonds. The van der Waals surface area contributed by atoms with Crippen molar-refractivity contribution < 1.29 is 9.53 Å². The first-order valence-corrected chi connectivity index (χ1v) is 4.46. The highest BCUT2D eigenvalue weighted by atomic mass is 32.1. The highest BCUT2D eigenvalue weighted by Gasteiger charge is 2.06. The van der Waals surface area contributed by atoms with E-state index < -0.39 is 0 Å². The molecule has 0 aliphatic rings. The van der Waals surface area contributed by atoms with Gasteiger partial charge in [-0.2, -0.15) is 11.3 Å². The van der Waals surface area contributed by atoms with Crippen LogP contribution in [0.4, 0.5) is 0 Å². The molecular formula is C9H10O2S. The Morgan fingerprint density at radius 2 is 2.50 bits per heavy atom. The van der Waals surface area contributed by atoms with Crippen molar-refractivity contribution in [3.63, 3.8) is 0 Å². The molecule has 64 valence electrons. The Hall–Kier alpha value is -1.09. The second-order valence-corrected chi connectivity index (χ2v) is 3.05. The van der Waals surface area contributed by atoms with E-state index in [1.54, 1.807) is 17.4 Å². The van der Waals surface area contributed by atoms with Gasteiger partial charge in [0.05, 0.1) is 13.5 Å². The molecule has 0 spiro atoms. The molecule has 0 saturated carbocycles. The Morgan fingerprint density at radius 3 is 3.08 bits per heavy atom. The summed E-state index contributed by atoms with van der Waals surface area (Å²) in [5, 5.41) is 3.90. The smallest absolute Gasteiger partial charge is 0.310 e.